The molecule has 146 valence electrons. The van der Waals surface area contributed by atoms with Crippen LogP contribution >= 0.6 is 24.0 Å². The summed E-state index contributed by atoms with van der Waals surface area (Å²) in [7, 11) is 0. The van der Waals surface area contributed by atoms with Crippen molar-refractivity contribution in [1.82, 2.24) is 15.5 Å². The molecule has 1 fully saturated rings. The topological polar surface area (TPSA) is 48.9 Å². The zero-order valence-corrected chi connectivity index (χ0v) is 18.6. The molecule has 26 heavy (non-hydrogen) atoms. The van der Waals surface area contributed by atoms with Gasteiger partial charge in [0.25, 0.3) is 0 Å². The highest BCUT2D eigenvalue weighted by Crippen LogP contribution is 2.33. The fourth-order valence-electron chi connectivity index (χ4n) is 3.65. The number of nitrogens with zero attached hydrogens (tertiary/aromatic N) is 2. The van der Waals surface area contributed by atoms with Gasteiger partial charge in [-0.15, -0.1) is 24.0 Å². The van der Waals surface area contributed by atoms with Gasteiger partial charge in [-0.3, -0.25) is 9.89 Å². The third kappa shape index (κ3) is 5.33. The summed E-state index contributed by atoms with van der Waals surface area (Å²) in [6.45, 7) is 12.9. The van der Waals surface area contributed by atoms with Crippen molar-refractivity contribution in [2.45, 2.75) is 38.6 Å². The van der Waals surface area contributed by atoms with E-state index in [0.29, 0.717) is 5.92 Å². The van der Waals surface area contributed by atoms with Gasteiger partial charge >= 0.3 is 0 Å². The van der Waals surface area contributed by atoms with Gasteiger partial charge in [-0.1, -0.05) is 24.3 Å². The third-order valence-corrected chi connectivity index (χ3v) is 5.31. The molecule has 0 saturated carbocycles. The number of ether oxygens (including phenoxy) is 1. The van der Waals surface area contributed by atoms with Crippen molar-refractivity contribution in [3.63, 3.8) is 0 Å². The molecule has 1 aliphatic carbocycles. The van der Waals surface area contributed by atoms with Crippen LogP contribution in [0.1, 0.15) is 37.8 Å². The van der Waals surface area contributed by atoms with Crippen molar-refractivity contribution in [2.24, 2.45) is 4.99 Å². The van der Waals surface area contributed by atoms with Crippen LogP contribution in [0.15, 0.2) is 29.3 Å². The van der Waals surface area contributed by atoms with Crippen LogP contribution in [0.3, 0.4) is 0 Å². The first kappa shape index (κ1) is 21.4. The molecule has 1 saturated heterocycles. The first-order chi connectivity index (χ1) is 12.1. The Hall–Kier alpha value is -0.860. The first-order valence-electron chi connectivity index (χ1n) is 9.53. The largest absolute Gasteiger partial charge is 0.379 e. The quantitative estimate of drug-likeness (QED) is 0.380. The van der Waals surface area contributed by atoms with Gasteiger partial charge in [-0.25, -0.2) is 0 Å². The van der Waals surface area contributed by atoms with Crippen molar-refractivity contribution in [3.8, 4) is 0 Å². The Morgan fingerprint density at radius 1 is 1.23 bits per heavy atom. The maximum Gasteiger partial charge on any atom is 0.191 e. The number of guanidine groups is 1. The molecule has 6 heteroatoms. The van der Waals surface area contributed by atoms with E-state index in [0.717, 1.165) is 51.9 Å². The average Bonchev–Trinajstić information content (AvgIpc) is 2.61. The van der Waals surface area contributed by atoms with Gasteiger partial charge in [0.05, 0.1) is 19.8 Å². The lowest BCUT2D eigenvalue weighted by Gasteiger charge is -2.40. The lowest BCUT2D eigenvalue weighted by atomic mass is 9.78. The molecule has 1 atom stereocenters. The lowest BCUT2D eigenvalue weighted by molar-refractivity contribution is -0.00683. The van der Waals surface area contributed by atoms with E-state index in [1.165, 1.54) is 17.5 Å². The number of fused-ring (bicyclic) bond motifs is 1. The Labute approximate surface area is 175 Å². The summed E-state index contributed by atoms with van der Waals surface area (Å²) in [6.07, 6.45) is 1.17. The summed E-state index contributed by atoms with van der Waals surface area (Å²) in [5, 5.41) is 6.92. The number of rotatable bonds is 6. The summed E-state index contributed by atoms with van der Waals surface area (Å²) in [5.41, 5.74) is 3.03. The molecule has 0 amide bonds. The summed E-state index contributed by atoms with van der Waals surface area (Å²) < 4.78 is 5.47. The molecule has 2 aliphatic rings. The van der Waals surface area contributed by atoms with E-state index < -0.39 is 0 Å². The Balaban J connectivity index is 0.00000243. The first-order valence-corrected chi connectivity index (χ1v) is 9.53. The van der Waals surface area contributed by atoms with Gasteiger partial charge in [0, 0.05) is 37.6 Å². The second kappa shape index (κ2) is 9.90. The molecule has 3 rings (SSSR count). The van der Waals surface area contributed by atoms with Crippen LogP contribution in [-0.2, 0) is 11.2 Å². The average molecular weight is 472 g/mol. The highest BCUT2D eigenvalue weighted by atomic mass is 127. The minimum absolute atomic E-state index is 0. The summed E-state index contributed by atoms with van der Waals surface area (Å²) >= 11 is 0. The SMILES string of the molecule is CCNC(=NCC(C)(C)N1CCOCC1)NCC1Cc2ccccc21.I. The standard InChI is InChI=1S/C20H32N4O.HI/c1-4-21-19(22-14-17-13-16-7-5-6-8-18(16)17)23-15-20(2,3)24-9-11-25-12-10-24;/h5-8,17H,4,9-15H2,1-3H3,(H2,21,22,23);1H. The second-order valence-corrected chi connectivity index (χ2v) is 7.59. The van der Waals surface area contributed by atoms with Crippen molar-refractivity contribution in [3.05, 3.63) is 35.4 Å². The molecule has 1 aromatic carbocycles. The Morgan fingerprint density at radius 2 is 1.96 bits per heavy atom. The predicted octanol–water partition coefficient (Wildman–Crippen LogP) is 2.61. The molecule has 1 unspecified atom stereocenters. The second-order valence-electron chi connectivity index (χ2n) is 7.59. The van der Waals surface area contributed by atoms with Crippen molar-refractivity contribution in [1.29, 1.82) is 0 Å². The van der Waals surface area contributed by atoms with Crippen molar-refractivity contribution >= 4 is 29.9 Å². The smallest absolute Gasteiger partial charge is 0.191 e. The number of hydrogen-bond acceptors (Lipinski definition) is 3. The molecule has 0 spiro atoms. The van der Waals surface area contributed by atoms with Gasteiger partial charge < -0.3 is 15.4 Å². The molecule has 0 aromatic heterocycles. The monoisotopic (exact) mass is 472 g/mol. The minimum atomic E-state index is 0. The normalized spacial score (nSPS) is 20.6. The maximum absolute atomic E-state index is 5.47. The molecule has 1 heterocycles. The minimum Gasteiger partial charge on any atom is -0.379 e. The number of halogens is 1. The van der Waals surface area contributed by atoms with Gasteiger partial charge in [0.15, 0.2) is 5.96 Å². The van der Waals surface area contributed by atoms with Crippen molar-refractivity contribution in [2.75, 3.05) is 45.9 Å². The van der Waals surface area contributed by atoms with Crippen LogP contribution in [0, 0.1) is 0 Å². The van der Waals surface area contributed by atoms with E-state index in [4.69, 9.17) is 9.73 Å². The molecular weight excluding hydrogens is 439 g/mol. The Bertz CT molecular complexity index is 599. The van der Waals surface area contributed by atoms with E-state index in [-0.39, 0.29) is 29.5 Å². The maximum atomic E-state index is 5.47. The van der Waals surface area contributed by atoms with Gasteiger partial charge in [-0.05, 0) is 38.3 Å². The van der Waals surface area contributed by atoms with Crippen LogP contribution in [0.4, 0.5) is 0 Å². The molecule has 0 bridgehead atoms. The molecular formula is C20H33IN4O. The predicted molar refractivity (Wildman–Crippen MR) is 119 cm³/mol. The Morgan fingerprint density at radius 3 is 2.65 bits per heavy atom. The lowest BCUT2D eigenvalue weighted by Crippen LogP contribution is -2.52. The highest BCUT2D eigenvalue weighted by Gasteiger charge is 2.28. The molecule has 5 nitrogen and oxygen atoms in total. The van der Waals surface area contributed by atoms with Crippen LogP contribution in [0.5, 0.6) is 0 Å². The summed E-state index contributed by atoms with van der Waals surface area (Å²) in [4.78, 5) is 7.34. The van der Waals surface area contributed by atoms with Gasteiger partial charge in [-0.2, -0.15) is 0 Å². The summed E-state index contributed by atoms with van der Waals surface area (Å²) in [5.74, 6) is 1.53. The van der Waals surface area contributed by atoms with Crippen molar-refractivity contribution < 1.29 is 4.74 Å². The van der Waals surface area contributed by atoms with E-state index in [9.17, 15) is 0 Å². The molecule has 2 N–H and O–H groups in total. The van der Waals surface area contributed by atoms with Crippen LogP contribution in [0.2, 0.25) is 0 Å². The fourth-order valence-corrected chi connectivity index (χ4v) is 3.65. The molecule has 1 aromatic rings. The zero-order valence-electron chi connectivity index (χ0n) is 16.3. The van der Waals surface area contributed by atoms with Gasteiger partial charge in [0.1, 0.15) is 0 Å². The molecule has 0 radical (unpaired) electrons. The number of aliphatic imine (C=N–C) groups is 1. The van der Waals surface area contributed by atoms with Gasteiger partial charge in [0.2, 0.25) is 0 Å². The zero-order chi connectivity index (χ0) is 17.7. The van der Waals surface area contributed by atoms with E-state index in [1.54, 1.807) is 0 Å². The summed E-state index contributed by atoms with van der Waals surface area (Å²) in [6, 6.07) is 8.74. The van der Waals surface area contributed by atoms with Crippen LogP contribution < -0.4 is 10.6 Å². The number of hydrogen-bond donors (Lipinski definition) is 2. The number of benzene rings is 1. The van der Waals surface area contributed by atoms with E-state index in [2.05, 4.69) is 60.6 Å². The Kier molecular flexibility index (Phi) is 8.16. The fraction of sp³-hybridized carbons (Fsp3) is 0.650. The highest BCUT2D eigenvalue weighted by molar-refractivity contribution is 14.0. The number of nitrogens with one attached hydrogen (secondary N) is 2. The van der Waals surface area contributed by atoms with Crippen LogP contribution in [-0.4, -0.2) is 62.3 Å². The van der Waals surface area contributed by atoms with E-state index >= 15 is 0 Å². The number of morpholine rings is 1. The third-order valence-electron chi connectivity index (χ3n) is 5.31. The van der Waals surface area contributed by atoms with Crippen LogP contribution in [0.25, 0.3) is 0 Å². The van der Waals surface area contributed by atoms with E-state index in [1.807, 2.05) is 0 Å². The molecule has 1 aliphatic heterocycles.